The summed E-state index contributed by atoms with van der Waals surface area (Å²) in [6.07, 6.45) is 2.33. The van der Waals surface area contributed by atoms with Gasteiger partial charge in [-0.1, -0.05) is 0 Å². The number of amides is 2. The largest absolute Gasteiger partial charge is 0.351 e. The minimum Gasteiger partial charge on any atom is -0.351 e. The van der Waals surface area contributed by atoms with Gasteiger partial charge in [-0.3, -0.25) is 9.59 Å². The number of nitrogens with zero attached hydrogens (tertiary/aromatic N) is 2. The van der Waals surface area contributed by atoms with Crippen molar-refractivity contribution in [2.24, 2.45) is 5.92 Å². The number of likely N-dealkylation sites (tertiary alicyclic amines) is 2. The number of nitrogens with one attached hydrogen (secondary N) is 1. The number of carbonyl (C=O) groups is 2. The zero-order valence-corrected chi connectivity index (χ0v) is 9.74. The first kappa shape index (κ1) is 11.4. The van der Waals surface area contributed by atoms with E-state index < -0.39 is 5.91 Å². The normalized spacial score (nSPS) is 25.3. The minimum atomic E-state index is -0.496. The summed E-state index contributed by atoms with van der Waals surface area (Å²) < 4.78 is 0. The molecule has 2 rings (SSSR count). The molecule has 2 amide bonds. The third-order valence-corrected chi connectivity index (χ3v) is 3.46. The Morgan fingerprint density at radius 2 is 2.06 bits per heavy atom. The quantitative estimate of drug-likeness (QED) is 0.631. The van der Waals surface area contributed by atoms with Gasteiger partial charge in [0.2, 0.25) is 0 Å². The maximum atomic E-state index is 11.6. The topological polar surface area (TPSA) is 52.7 Å². The van der Waals surface area contributed by atoms with E-state index in [0.29, 0.717) is 5.92 Å². The number of likely N-dealkylation sites (N-methyl/N-ethyl adjacent to an activating group) is 1. The molecule has 2 aliphatic heterocycles. The van der Waals surface area contributed by atoms with Crippen molar-refractivity contribution >= 4 is 11.8 Å². The molecule has 5 nitrogen and oxygen atoms in total. The molecular formula is C11H19N3O2. The Labute approximate surface area is 95.8 Å². The molecule has 2 aliphatic rings. The zero-order chi connectivity index (χ0) is 11.5. The van der Waals surface area contributed by atoms with E-state index in [-0.39, 0.29) is 5.91 Å². The summed E-state index contributed by atoms with van der Waals surface area (Å²) in [4.78, 5) is 26.9. The fourth-order valence-corrected chi connectivity index (χ4v) is 2.35. The van der Waals surface area contributed by atoms with E-state index in [1.54, 1.807) is 4.90 Å². The molecule has 0 aromatic rings. The van der Waals surface area contributed by atoms with Gasteiger partial charge in [0.25, 0.3) is 0 Å². The lowest BCUT2D eigenvalue weighted by Gasteiger charge is -2.32. The van der Waals surface area contributed by atoms with Crippen molar-refractivity contribution in [3.8, 4) is 0 Å². The van der Waals surface area contributed by atoms with Gasteiger partial charge < -0.3 is 15.1 Å². The van der Waals surface area contributed by atoms with Crippen molar-refractivity contribution in [1.82, 2.24) is 15.1 Å². The standard InChI is InChI=1S/C11H19N3O2/c1-12-10(15)11(16)14-6-3-9(8-14)7-13-4-2-5-13/h9H,2-8H2,1H3,(H,12,15)/t9-/m1/s1. The van der Waals surface area contributed by atoms with Crippen LogP contribution in [0.5, 0.6) is 0 Å². The van der Waals surface area contributed by atoms with E-state index in [9.17, 15) is 9.59 Å². The van der Waals surface area contributed by atoms with Crippen LogP contribution < -0.4 is 5.32 Å². The molecule has 0 spiro atoms. The SMILES string of the molecule is CNC(=O)C(=O)N1CC[C@H](CN2CCC2)C1. The fraction of sp³-hybridized carbons (Fsp3) is 0.818. The summed E-state index contributed by atoms with van der Waals surface area (Å²) in [5, 5.41) is 2.38. The molecule has 0 radical (unpaired) electrons. The summed E-state index contributed by atoms with van der Waals surface area (Å²) in [5.74, 6) is -0.327. The predicted octanol–water partition coefficient (Wildman–Crippen LogP) is -0.713. The summed E-state index contributed by atoms with van der Waals surface area (Å²) in [7, 11) is 1.49. The Morgan fingerprint density at radius 1 is 1.31 bits per heavy atom. The van der Waals surface area contributed by atoms with E-state index in [4.69, 9.17) is 0 Å². The van der Waals surface area contributed by atoms with Gasteiger partial charge in [0.1, 0.15) is 0 Å². The molecular weight excluding hydrogens is 206 g/mol. The van der Waals surface area contributed by atoms with Gasteiger partial charge in [0, 0.05) is 26.7 Å². The van der Waals surface area contributed by atoms with Crippen LogP contribution in [-0.4, -0.2) is 61.4 Å². The van der Waals surface area contributed by atoms with E-state index in [1.165, 1.54) is 26.6 Å². The number of hydrogen-bond acceptors (Lipinski definition) is 3. The van der Waals surface area contributed by atoms with Crippen molar-refractivity contribution in [3.05, 3.63) is 0 Å². The van der Waals surface area contributed by atoms with Crippen LogP contribution in [0, 0.1) is 5.92 Å². The first-order valence-electron chi connectivity index (χ1n) is 5.94. The number of carbonyl (C=O) groups excluding carboxylic acids is 2. The van der Waals surface area contributed by atoms with Crippen LogP contribution >= 0.6 is 0 Å². The smallest absolute Gasteiger partial charge is 0.311 e. The highest BCUT2D eigenvalue weighted by molar-refractivity contribution is 6.34. The highest BCUT2D eigenvalue weighted by atomic mass is 16.2. The van der Waals surface area contributed by atoms with Crippen LogP contribution in [0.25, 0.3) is 0 Å². The third-order valence-electron chi connectivity index (χ3n) is 3.46. The van der Waals surface area contributed by atoms with Gasteiger partial charge in [-0.2, -0.15) is 0 Å². The summed E-state index contributed by atoms with van der Waals surface area (Å²) in [6, 6.07) is 0. The first-order valence-corrected chi connectivity index (χ1v) is 5.94. The molecule has 0 aromatic heterocycles. The van der Waals surface area contributed by atoms with Crippen molar-refractivity contribution in [3.63, 3.8) is 0 Å². The second kappa shape index (κ2) is 4.82. The van der Waals surface area contributed by atoms with Crippen LogP contribution in [0.2, 0.25) is 0 Å². The maximum Gasteiger partial charge on any atom is 0.311 e. The summed E-state index contributed by atoms with van der Waals surface area (Å²) in [5.41, 5.74) is 0. The van der Waals surface area contributed by atoms with E-state index in [0.717, 1.165) is 26.1 Å². The Kier molecular flexibility index (Phi) is 3.43. The van der Waals surface area contributed by atoms with Crippen LogP contribution in [0.15, 0.2) is 0 Å². The first-order chi connectivity index (χ1) is 7.70. The maximum absolute atomic E-state index is 11.6. The monoisotopic (exact) mass is 225 g/mol. The molecule has 0 aliphatic carbocycles. The van der Waals surface area contributed by atoms with Crippen LogP contribution in [0.3, 0.4) is 0 Å². The number of rotatable bonds is 2. The molecule has 2 fully saturated rings. The lowest BCUT2D eigenvalue weighted by Crippen LogP contribution is -2.43. The predicted molar refractivity (Wildman–Crippen MR) is 59.8 cm³/mol. The summed E-state index contributed by atoms with van der Waals surface area (Å²) in [6.45, 7) is 4.94. The minimum absolute atomic E-state index is 0.381. The molecule has 0 bridgehead atoms. The van der Waals surface area contributed by atoms with E-state index in [2.05, 4.69) is 10.2 Å². The second-order valence-electron chi connectivity index (χ2n) is 4.64. The van der Waals surface area contributed by atoms with E-state index in [1.807, 2.05) is 0 Å². The average Bonchev–Trinajstić information content (AvgIpc) is 2.69. The lowest BCUT2D eigenvalue weighted by atomic mass is 10.1. The molecule has 0 unspecified atom stereocenters. The van der Waals surface area contributed by atoms with Gasteiger partial charge >= 0.3 is 11.8 Å². The molecule has 90 valence electrons. The van der Waals surface area contributed by atoms with Crippen LogP contribution in [0.4, 0.5) is 0 Å². The molecule has 16 heavy (non-hydrogen) atoms. The van der Waals surface area contributed by atoms with Gasteiger partial charge in [-0.15, -0.1) is 0 Å². The molecule has 2 saturated heterocycles. The molecule has 0 saturated carbocycles. The van der Waals surface area contributed by atoms with Crippen LogP contribution in [0.1, 0.15) is 12.8 Å². The van der Waals surface area contributed by atoms with E-state index >= 15 is 0 Å². The Bertz CT molecular complexity index is 289. The van der Waals surface area contributed by atoms with Crippen molar-refractivity contribution in [1.29, 1.82) is 0 Å². The molecule has 1 N–H and O–H groups in total. The summed E-state index contributed by atoms with van der Waals surface area (Å²) >= 11 is 0. The lowest BCUT2D eigenvalue weighted by molar-refractivity contribution is -0.144. The Morgan fingerprint density at radius 3 is 2.62 bits per heavy atom. The van der Waals surface area contributed by atoms with Gasteiger partial charge in [-0.05, 0) is 31.8 Å². The van der Waals surface area contributed by atoms with Gasteiger partial charge in [0.05, 0.1) is 0 Å². The van der Waals surface area contributed by atoms with Crippen molar-refractivity contribution in [2.75, 3.05) is 39.8 Å². The Balaban J connectivity index is 1.78. The highest BCUT2D eigenvalue weighted by Gasteiger charge is 2.31. The highest BCUT2D eigenvalue weighted by Crippen LogP contribution is 2.19. The number of hydrogen-bond donors (Lipinski definition) is 1. The van der Waals surface area contributed by atoms with Gasteiger partial charge in [-0.25, -0.2) is 0 Å². The molecule has 1 atom stereocenters. The molecule has 0 aromatic carbocycles. The van der Waals surface area contributed by atoms with Crippen molar-refractivity contribution < 1.29 is 9.59 Å². The van der Waals surface area contributed by atoms with Gasteiger partial charge in [0.15, 0.2) is 0 Å². The average molecular weight is 225 g/mol. The second-order valence-corrected chi connectivity index (χ2v) is 4.64. The molecule has 5 heteroatoms. The zero-order valence-electron chi connectivity index (χ0n) is 9.74. The van der Waals surface area contributed by atoms with Crippen molar-refractivity contribution in [2.45, 2.75) is 12.8 Å². The van der Waals surface area contributed by atoms with Crippen LogP contribution in [-0.2, 0) is 9.59 Å². The molecule has 2 heterocycles. The third kappa shape index (κ3) is 2.35. The fourth-order valence-electron chi connectivity index (χ4n) is 2.35. The Hall–Kier alpha value is -1.10.